The van der Waals surface area contributed by atoms with E-state index in [0.29, 0.717) is 29.8 Å². The average Bonchev–Trinajstić information content (AvgIpc) is 2.88. The first-order chi connectivity index (χ1) is 18.0. The Bertz CT molecular complexity index is 1250. The van der Waals surface area contributed by atoms with E-state index in [9.17, 15) is 9.00 Å². The molecule has 3 aliphatic rings. The summed E-state index contributed by atoms with van der Waals surface area (Å²) in [6.45, 7) is 6.60. The van der Waals surface area contributed by atoms with E-state index in [0.717, 1.165) is 56.6 Å². The van der Waals surface area contributed by atoms with E-state index < -0.39 is 16.5 Å². The number of hydrogen-bond donors (Lipinski definition) is 0. The van der Waals surface area contributed by atoms with Crippen LogP contribution in [0.15, 0.2) is 52.9 Å². The minimum absolute atomic E-state index is 0.221. The molecule has 0 spiro atoms. The second-order valence-electron chi connectivity index (χ2n) is 11.2. The van der Waals surface area contributed by atoms with Gasteiger partial charge in [-0.3, -0.25) is 4.79 Å². The van der Waals surface area contributed by atoms with Crippen molar-refractivity contribution in [3.05, 3.63) is 70.8 Å². The second-order valence-corrected chi connectivity index (χ2v) is 12.3. The Kier molecular flexibility index (Phi) is 8.33. The predicted molar refractivity (Wildman–Crippen MR) is 151 cm³/mol. The fourth-order valence-corrected chi connectivity index (χ4v) is 6.77. The molecule has 0 N–H and O–H groups in total. The molecule has 3 atom stereocenters. The highest BCUT2D eigenvalue weighted by molar-refractivity contribution is 7.75. The largest absolute Gasteiger partial charge is 0.491 e. The molecule has 37 heavy (non-hydrogen) atoms. The molecule has 2 heterocycles. The Labute approximate surface area is 223 Å². The molecule has 0 saturated heterocycles. The van der Waals surface area contributed by atoms with Crippen molar-refractivity contribution in [2.24, 2.45) is 22.1 Å². The van der Waals surface area contributed by atoms with Gasteiger partial charge in [0.2, 0.25) is 0 Å². The van der Waals surface area contributed by atoms with Crippen molar-refractivity contribution in [1.29, 1.82) is 0 Å². The molecule has 5 nitrogen and oxygen atoms in total. The molecule has 5 rings (SSSR count). The second kappa shape index (κ2) is 11.8. The number of carbonyl (C=O) groups is 1. The van der Waals surface area contributed by atoms with Gasteiger partial charge in [-0.15, -0.1) is 0 Å². The lowest BCUT2D eigenvalue weighted by molar-refractivity contribution is 0.100. The fraction of sp³-hybridized carbons (Fsp3) is 0.516. The van der Waals surface area contributed by atoms with E-state index in [1.807, 2.05) is 12.1 Å². The minimum Gasteiger partial charge on any atom is -0.491 e. The lowest BCUT2D eigenvalue weighted by atomic mass is 9.71. The van der Waals surface area contributed by atoms with Crippen LogP contribution in [0.25, 0.3) is 0 Å². The van der Waals surface area contributed by atoms with Gasteiger partial charge >= 0.3 is 0 Å². The maximum atomic E-state index is 13.1. The molecule has 2 aliphatic heterocycles. The highest BCUT2D eigenvalue weighted by Gasteiger charge is 2.32. The van der Waals surface area contributed by atoms with Gasteiger partial charge in [-0.05, 0) is 93.0 Å². The third-order valence-electron chi connectivity index (χ3n) is 8.15. The number of ether oxygens (including phenoxy) is 1. The summed E-state index contributed by atoms with van der Waals surface area (Å²) in [5.41, 5.74) is 5.47. The van der Waals surface area contributed by atoms with Crippen molar-refractivity contribution in [2.75, 3.05) is 23.8 Å². The zero-order valence-electron chi connectivity index (χ0n) is 22.2. The third-order valence-corrected chi connectivity index (χ3v) is 9.38. The topological polar surface area (TPSA) is 59.0 Å². The summed E-state index contributed by atoms with van der Waals surface area (Å²) in [6.07, 6.45) is 12.1. The maximum absolute atomic E-state index is 13.1. The van der Waals surface area contributed by atoms with Crippen molar-refractivity contribution in [3.8, 4) is 5.75 Å². The van der Waals surface area contributed by atoms with E-state index in [-0.39, 0.29) is 5.92 Å². The Balaban J connectivity index is 1.58. The first kappa shape index (κ1) is 26.0. The zero-order valence-corrected chi connectivity index (χ0v) is 23.0. The van der Waals surface area contributed by atoms with Crippen LogP contribution >= 0.6 is 0 Å². The van der Waals surface area contributed by atoms with E-state index >= 15 is 0 Å². The van der Waals surface area contributed by atoms with Crippen LogP contribution in [0.4, 0.5) is 5.69 Å². The van der Waals surface area contributed by atoms with Gasteiger partial charge in [0.25, 0.3) is 5.91 Å². The number of hydrogen-bond acceptors (Lipinski definition) is 5. The lowest BCUT2D eigenvalue weighted by Gasteiger charge is -2.41. The molecule has 198 valence electrons. The van der Waals surface area contributed by atoms with Crippen LogP contribution in [0.2, 0.25) is 0 Å². The van der Waals surface area contributed by atoms with Crippen molar-refractivity contribution in [1.82, 2.24) is 0 Å². The molecule has 2 aromatic carbocycles. The van der Waals surface area contributed by atoms with Gasteiger partial charge in [-0.2, -0.15) is 10.6 Å². The van der Waals surface area contributed by atoms with Crippen molar-refractivity contribution < 1.29 is 13.7 Å². The number of carbonyl (C=O) groups excluding carboxylic acids is 1. The summed E-state index contributed by atoms with van der Waals surface area (Å²) in [7, 11) is -1.53. The normalized spacial score (nSPS) is 26.4. The number of allylic oxidation sites excluding steroid dienone is 2. The predicted octanol–water partition coefficient (Wildman–Crippen LogP) is 7.02. The summed E-state index contributed by atoms with van der Waals surface area (Å²) in [4.78, 5) is 15.5. The Morgan fingerprint density at radius 3 is 2.68 bits per heavy atom. The molecule has 1 aliphatic carbocycles. The highest BCUT2D eigenvalue weighted by Crippen LogP contribution is 2.41. The van der Waals surface area contributed by atoms with Gasteiger partial charge in [0, 0.05) is 18.7 Å². The molecular weight excluding hydrogens is 480 g/mol. The number of anilines is 1. The first-order valence-corrected chi connectivity index (χ1v) is 15.1. The molecule has 2 aromatic rings. The Morgan fingerprint density at radius 1 is 1.00 bits per heavy atom. The Morgan fingerprint density at radius 2 is 1.84 bits per heavy atom. The van der Waals surface area contributed by atoms with Gasteiger partial charge in [-0.1, -0.05) is 54.5 Å². The van der Waals surface area contributed by atoms with Crippen LogP contribution in [0, 0.1) is 24.7 Å². The number of aryl methyl sites for hydroxylation is 2. The quantitative estimate of drug-likeness (QED) is 0.277. The first-order valence-electron chi connectivity index (χ1n) is 13.9. The summed E-state index contributed by atoms with van der Waals surface area (Å²) >= 11 is 0. The number of benzene rings is 2. The van der Waals surface area contributed by atoms with Crippen LogP contribution < -0.4 is 9.64 Å². The van der Waals surface area contributed by atoms with Crippen LogP contribution in [0.1, 0.15) is 72.5 Å². The molecule has 0 aromatic heterocycles. The highest BCUT2D eigenvalue weighted by atomic mass is 32.2. The van der Waals surface area contributed by atoms with Gasteiger partial charge in [0.15, 0.2) is 0 Å². The molecule has 0 unspecified atom stereocenters. The molecular formula is C31H39N2O3S-. The lowest BCUT2D eigenvalue weighted by Crippen LogP contribution is -2.38. The number of nitrogens with zero attached hydrogens (tertiary/aromatic N) is 2. The van der Waals surface area contributed by atoms with Crippen LogP contribution in [-0.4, -0.2) is 24.8 Å². The van der Waals surface area contributed by atoms with Crippen LogP contribution in [0.5, 0.6) is 5.75 Å². The van der Waals surface area contributed by atoms with E-state index in [2.05, 4.69) is 53.5 Å². The Hall–Kier alpha value is -2.60. The van der Waals surface area contributed by atoms with Gasteiger partial charge < -0.3 is 18.2 Å². The summed E-state index contributed by atoms with van der Waals surface area (Å²) in [5, 5.41) is 0. The third kappa shape index (κ3) is 6.46. The molecule has 1 saturated carbocycles. The average molecular weight is 520 g/mol. The van der Waals surface area contributed by atoms with Crippen LogP contribution in [-0.2, 0) is 27.8 Å². The summed E-state index contributed by atoms with van der Waals surface area (Å²) in [6, 6.07) is 12.4. The van der Waals surface area contributed by atoms with E-state index in [4.69, 9.17) is 4.74 Å². The smallest absolute Gasteiger partial charge is 0.254 e. The number of amides is 1. The monoisotopic (exact) mass is 519 g/mol. The molecule has 0 radical (unpaired) electrons. The molecule has 1 amide bonds. The van der Waals surface area contributed by atoms with Crippen molar-refractivity contribution in [2.45, 2.75) is 65.3 Å². The number of fused-ring (bicyclic) bond motifs is 3. The van der Waals surface area contributed by atoms with Crippen LogP contribution in [0.3, 0.4) is 0 Å². The molecule has 1 fully saturated rings. The summed E-state index contributed by atoms with van der Waals surface area (Å²) in [5.74, 6) is 2.31. The molecule has 6 heteroatoms. The van der Waals surface area contributed by atoms with E-state index in [1.54, 1.807) is 6.07 Å². The van der Waals surface area contributed by atoms with Crippen molar-refractivity contribution >= 4 is 22.2 Å². The molecule has 2 bridgehead atoms. The fourth-order valence-electron chi connectivity index (χ4n) is 5.78. The van der Waals surface area contributed by atoms with Gasteiger partial charge in [-0.25, -0.2) is 0 Å². The van der Waals surface area contributed by atoms with Gasteiger partial charge in [0.1, 0.15) is 5.75 Å². The standard InChI is InChI=1S/C31H39N2O3S/c1-22-10-11-28-20-33-19-27-13-12-24(27)8-4-3-7-23(2)21-37(35)32-31(34)26-14-15-30(29(33)18-26)36-16-6-5-9-25(28)17-22/h3-4,10-11,14-15,17-18,23-24,27H,5-9,12-13,16,19-21H2,1-2H3/q-1/b4-3+/t23-,24+,27-/m0/s1. The van der Waals surface area contributed by atoms with Gasteiger partial charge in [0.05, 0.1) is 12.3 Å². The van der Waals surface area contributed by atoms with Crippen molar-refractivity contribution in [3.63, 3.8) is 0 Å². The zero-order chi connectivity index (χ0) is 25.8. The maximum Gasteiger partial charge on any atom is 0.254 e. The minimum atomic E-state index is -1.53. The number of rotatable bonds is 0. The summed E-state index contributed by atoms with van der Waals surface area (Å²) < 4.78 is 23.0. The SMILES string of the molecule is Cc1ccc2c(c1)CCCCOc1ccc3cc1N(C2)C[C@@H]1CC[C@H]1C/C=C/C[C@H](C)C[S-](=O)=NC3=O. The van der Waals surface area contributed by atoms with E-state index in [1.165, 1.54) is 29.5 Å².